The van der Waals surface area contributed by atoms with Crippen molar-refractivity contribution in [2.45, 2.75) is 146 Å². The number of carboxylic acids is 1. The maximum absolute atomic E-state index is 14.1. The van der Waals surface area contributed by atoms with Gasteiger partial charge in [-0.3, -0.25) is 19.2 Å². The van der Waals surface area contributed by atoms with Crippen LogP contribution < -0.4 is 10.1 Å². The largest absolute Gasteiger partial charge is 0.491 e. The Morgan fingerprint density at radius 3 is 2.17 bits per heavy atom. The molecule has 1 aromatic rings. The molecule has 10 atom stereocenters. The monoisotopic (exact) mass is 802 g/mol. The average molecular weight is 802 g/mol. The highest BCUT2D eigenvalue weighted by molar-refractivity contribution is 6.01. The number of esters is 1. The number of aliphatic carboxylic acids is 1. The molecule has 58 heavy (non-hydrogen) atoms. The van der Waals surface area contributed by atoms with Crippen LogP contribution in [0.1, 0.15) is 139 Å². The number of fused-ring (bicyclic) bond motifs is 7. The van der Waals surface area contributed by atoms with E-state index in [2.05, 4.69) is 53.8 Å². The summed E-state index contributed by atoms with van der Waals surface area (Å²) in [7, 11) is 1.65. The summed E-state index contributed by atoms with van der Waals surface area (Å²) in [6.07, 6.45) is 8.88. The molecule has 0 radical (unpaired) electrons. The van der Waals surface area contributed by atoms with E-state index in [0.717, 1.165) is 68.3 Å². The lowest BCUT2D eigenvalue weighted by Crippen LogP contribution is -2.66. The third-order valence-corrected chi connectivity index (χ3v) is 18.1. The molecule has 320 valence electrons. The maximum Gasteiger partial charge on any atom is 0.309 e. The molecule has 5 fully saturated rings. The number of methoxy groups -OCH3 is 1. The molecule has 6 aliphatic carbocycles. The molecule has 0 heterocycles. The Morgan fingerprint density at radius 2 is 1.53 bits per heavy atom. The lowest BCUT2D eigenvalue weighted by atomic mass is 9.33. The van der Waals surface area contributed by atoms with E-state index < -0.39 is 22.7 Å². The van der Waals surface area contributed by atoms with Crippen LogP contribution in [-0.4, -0.2) is 55.2 Å². The molecule has 2 N–H and O–H groups in total. The first-order chi connectivity index (χ1) is 27.2. The van der Waals surface area contributed by atoms with Crippen molar-refractivity contribution in [1.29, 1.82) is 0 Å². The van der Waals surface area contributed by atoms with Gasteiger partial charge in [0.25, 0.3) is 0 Å². The molecule has 0 bridgehead atoms. The average Bonchev–Trinajstić information content (AvgIpc) is 3.43. The van der Waals surface area contributed by atoms with Crippen molar-refractivity contribution in [1.82, 2.24) is 5.32 Å². The predicted octanol–water partition coefficient (Wildman–Crippen LogP) is 9.36. The maximum atomic E-state index is 14.1. The van der Waals surface area contributed by atoms with Gasteiger partial charge < -0.3 is 24.6 Å². The molecule has 9 heteroatoms. The van der Waals surface area contributed by atoms with Gasteiger partial charge in [0.15, 0.2) is 5.78 Å². The Kier molecular flexibility index (Phi) is 11.1. The van der Waals surface area contributed by atoms with E-state index in [1.807, 2.05) is 38.1 Å². The van der Waals surface area contributed by atoms with E-state index in [1.165, 1.54) is 5.57 Å². The smallest absolute Gasteiger partial charge is 0.309 e. The van der Waals surface area contributed by atoms with Gasteiger partial charge in [-0.1, -0.05) is 80.0 Å². The van der Waals surface area contributed by atoms with Gasteiger partial charge in [-0.2, -0.15) is 0 Å². The third kappa shape index (κ3) is 6.66. The van der Waals surface area contributed by atoms with Gasteiger partial charge in [0.05, 0.1) is 18.4 Å². The fraction of sp³-hybridized carbons (Fsp3) is 0.755. The summed E-state index contributed by atoms with van der Waals surface area (Å²) in [5.74, 6) is 0.307. The van der Waals surface area contributed by atoms with Crippen molar-refractivity contribution in [2.75, 3.05) is 20.3 Å². The number of nitrogens with one attached hydrogen (secondary N) is 1. The Balaban J connectivity index is 1.08. The van der Waals surface area contributed by atoms with Crippen molar-refractivity contribution in [2.24, 2.45) is 68.0 Å². The van der Waals surface area contributed by atoms with Gasteiger partial charge in [0, 0.05) is 37.3 Å². The first kappa shape index (κ1) is 42.9. The zero-order valence-corrected chi connectivity index (χ0v) is 37.1. The van der Waals surface area contributed by atoms with E-state index >= 15 is 0 Å². The molecule has 0 aliphatic heterocycles. The summed E-state index contributed by atoms with van der Waals surface area (Å²) in [6, 6.07) is 7.81. The number of hydrogen-bond donors (Lipinski definition) is 2. The van der Waals surface area contributed by atoms with Gasteiger partial charge in [0.2, 0.25) is 5.91 Å². The van der Waals surface area contributed by atoms with E-state index in [9.17, 15) is 24.3 Å². The van der Waals surface area contributed by atoms with Crippen LogP contribution >= 0.6 is 0 Å². The SMILES string of the molecule is COCCOc1ccc(CNC(=O)C[C@@]23CC[C@]4(C)[C@H](CC[C@@H]5[C@@]6(C)CC[C@H](OC(=O)[C@H]7C[C@@H](C(=O)O)C7(C)C)C(C)(C)[C@@H]6CC[C@]54C)C2=C(C(C)C)C(=O)C3)cc1. The molecule has 0 aromatic heterocycles. The van der Waals surface area contributed by atoms with Crippen LogP contribution in [0.15, 0.2) is 35.4 Å². The number of Topliss-reactive ketones (excluding diaryl/α,β-unsaturated/α-hetero) is 1. The van der Waals surface area contributed by atoms with Gasteiger partial charge in [-0.15, -0.1) is 0 Å². The first-order valence-electron chi connectivity index (χ1n) is 22.3. The highest BCUT2D eigenvalue weighted by Crippen LogP contribution is 2.77. The topological polar surface area (TPSA) is 128 Å². The second-order valence-corrected chi connectivity index (χ2v) is 21.7. The molecule has 1 aromatic carbocycles. The quantitative estimate of drug-likeness (QED) is 0.158. The van der Waals surface area contributed by atoms with Crippen LogP contribution in [0.25, 0.3) is 0 Å². The van der Waals surface area contributed by atoms with Crippen molar-refractivity contribution in [3.05, 3.63) is 41.0 Å². The normalized spacial score (nSPS) is 38.4. The summed E-state index contributed by atoms with van der Waals surface area (Å²) in [6.45, 7) is 21.8. The number of rotatable bonds is 12. The van der Waals surface area contributed by atoms with E-state index in [4.69, 9.17) is 14.2 Å². The number of amides is 1. The van der Waals surface area contributed by atoms with Gasteiger partial charge >= 0.3 is 11.9 Å². The Bertz CT molecular complexity index is 1830. The lowest BCUT2D eigenvalue weighted by molar-refractivity contribution is -0.236. The minimum absolute atomic E-state index is 0.00881. The summed E-state index contributed by atoms with van der Waals surface area (Å²) >= 11 is 0. The van der Waals surface area contributed by atoms with Crippen molar-refractivity contribution in [3.63, 3.8) is 0 Å². The first-order valence-corrected chi connectivity index (χ1v) is 22.3. The number of ether oxygens (including phenoxy) is 3. The van der Waals surface area contributed by atoms with Gasteiger partial charge in [0.1, 0.15) is 18.5 Å². The highest BCUT2D eigenvalue weighted by Gasteiger charge is 2.70. The number of carbonyl (C=O) groups is 4. The second-order valence-electron chi connectivity index (χ2n) is 21.7. The van der Waals surface area contributed by atoms with Gasteiger partial charge in [-0.05, 0) is 126 Å². The number of carbonyl (C=O) groups excluding carboxylic acids is 3. The van der Waals surface area contributed by atoms with Crippen LogP contribution in [0.4, 0.5) is 0 Å². The number of carboxylic acid groups (broad SMARTS) is 1. The molecule has 0 unspecified atom stereocenters. The lowest BCUT2D eigenvalue weighted by Gasteiger charge is -2.72. The van der Waals surface area contributed by atoms with Crippen LogP contribution in [0, 0.1) is 68.0 Å². The Morgan fingerprint density at radius 1 is 0.828 bits per heavy atom. The molecule has 0 saturated heterocycles. The minimum Gasteiger partial charge on any atom is -0.491 e. The number of hydrogen-bond acceptors (Lipinski definition) is 7. The summed E-state index contributed by atoms with van der Waals surface area (Å²) in [5.41, 5.74) is 2.17. The van der Waals surface area contributed by atoms with E-state index in [0.29, 0.717) is 50.9 Å². The fourth-order valence-corrected chi connectivity index (χ4v) is 14.6. The van der Waals surface area contributed by atoms with Gasteiger partial charge in [-0.25, -0.2) is 0 Å². The number of ketones is 1. The van der Waals surface area contributed by atoms with E-state index in [-0.39, 0.29) is 63.2 Å². The number of allylic oxidation sites excluding steroid dienone is 2. The third-order valence-electron chi connectivity index (χ3n) is 18.1. The van der Waals surface area contributed by atoms with Crippen molar-refractivity contribution >= 4 is 23.6 Å². The van der Waals surface area contributed by atoms with Crippen LogP contribution in [0.2, 0.25) is 0 Å². The molecule has 0 spiro atoms. The summed E-state index contributed by atoms with van der Waals surface area (Å²) in [4.78, 5) is 53.5. The summed E-state index contributed by atoms with van der Waals surface area (Å²) < 4.78 is 17.2. The molecule has 7 rings (SSSR count). The Labute approximate surface area is 347 Å². The molecular formula is C49H71NO8. The molecule has 6 aliphatic rings. The Hall–Kier alpha value is -3.20. The zero-order chi connectivity index (χ0) is 42.2. The predicted molar refractivity (Wildman–Crippen MR) is 223 cm³/mol. The minimum atomic E-state index is -0.833. The molecule has 5 saturated carbocycles. The highest BCUT2D eigenvalue weighted by atomic mass is 16.5. The number of benzene rings is 1. The standard InChI is InChI=1S/C49H71NO8/c1-29(2)40-35(51)26-49(27-39(52)50-28-30-11-13-31(14-12-30)57-24-23-56-10)22-21-47(8)32(41(40)49)15-16-37-46(7)19-18-38(45(5,6)36(46)17-20-48(37,47)9)58-43(55)34-25-33(42(53)54)44(34,3)4/h11-14,29,32-34,36-38H,15-28H2,1-10H3,(H,50,52)(H,53,54)/t32-,33+,34-,36+,37-,38+,46+,47-,48-,49+/m1/s1. The fourth-order valence-electron chi connectivity index (χ4n) is 14.6. The molecular weight excluding hydrogens is 731 g/mol. The molecule has 9 nitrogen and oxygen atoms in total. The molecule has 1 amide bonds. The van der Waals surface area contributed by atoms with E-state index in [1.54, 1.807) is 7.11 Å². The van der Waals surface area contributed by atoms with Crippen molar-refractivity contribution < 1.29 is 38.5 Å². The second kappa shape index (κ2) is 15.1. The summed E-state index contributed by atoms with van der Waals surface area (Å²) in [5, 5.41) is 12.9. The van der Waals surface area contributed by atoms with Crippen LogP contribution in [0.3, 0.4) is 0 Å². The zero-order valence-electron chi connectivity index (χ0n) is 37.1. The van der Waals surface area contributed by atoms with Crippen LogP contribution in [0.5, 0.6) is 5.75 Å². The van der Waals surface area contributed by atoms with Crippen LogP contribution in [-0.2, 0) is 35.2 Å². The van der Waals surface area contributed by atoms with Crippen molar-refractivity contribution in [3.8, 4) is 5.75 Å².